The second kappa shape index (κ2) is 7.85. The minimum Gasteiger partial charge on any atom is -0.493 e. The molecule has 8 nitrogen and oxygen atoms in total. The Bertz CT molecular complexity index is 1170. The molecular weight excluding hydrogens is 374 g/mol. The van der Waals surface area contributed by atoms with Crippen molar-refractivity contribution in [3.05, 3.63) is 54.4 Å². The predicted octanol–water partition coefficient (Wildman–Crippen LogP) is 3.80. The van der Waals surface area contributed by atoms with E-state index in [1.165, 1.54) is 17.7 Å². The summed E-state index contributed by atoms with van der Waals surface area (Å²) in [6, 6.07) is 9.93. The molecule has 0 aliphatic heterocycles. The van der Waals surface area contributed by atoms with E-state index in [-0.39, 0.29) is 0 Å². The normalized spacial score (nSPS) is 11.0. The molecule has 0 amide bonds. The van der Waals surface area contributed by atoms with E-state index in [9.17, 15) is 5.26 Å². The number of nitrogens with zero attached hydrogens (tertiary/aromatic N) is 5. The van der Waals surface area contributed by atoms with Crippen molar-refractivity contribution in [3.8, 4) is 22.3 Å². The van der Waals surface area contributed by atoms with E-state index < -0.39 is 0 Å². The van der Waals surface area contributed by atoms with E-state index in [1.807, 2.05) is 31.2 Å². The molecular formula is C19H15N7OS. The van der Waals surface area contributed by atoms with Gasteiger partial charge < -0.3 is 9.72 Å². The molecule has 0 saturated heterocycles. The molecule has 0 atom stereocenters. The van der Waals surface area contributed by atoms with E-state index in [1.54, 1.807) is 18.6 Å². The van der Waals surface area contributed by atoms with Gasteiger partial charge in [-0.25, -0.2) is 15.0 Å². The van der Waals surface area contributed by atoms with Crippen LogP contribution in [-0.2, 0) is 0 Å². The molecule has 0 saturated carbocycles. The Morgan fingerprint density at radius 2 is 2.21 bits per heavy atom. The Kier molecular flexibility index (Phi) is 4.95. The van der Waals surface area contributed by atoms with Gasteiger partial charge in [-0.15, -0.1) is 11.3 Å². The van der Waals surface area contributed by atoms with Gasteiger partial charge >= 0.3 is 0 Å². The molecule has 0 aliphatic rings. The number of thiophene rings is 1. The number of hydrogen-bond acceptors (Lipinski definition) is 8. The Balaban J connectivity index is 1.79. The number of imidazole rings is 1. The largest absolute Gasteiger partial charge is 0.493 e. The lowest BCUT2D eigenvalue weighted by atomic mass is 10.1. The van der Waals surface area contributed by atoms with E-state index in [0.29, 0.717) is 29.3 Å². The summed E-state index contributed by atoms with van der Waals surface area (Å²) in [6.07, 6.45) is 6.33. The van der Waals surface area contributed by atoms with Gasteiger partial charge in [0.25, 0.3) is 0 Å². The smallest absolute Gasteiger partial charge is 0.167 e. The van der Waals surface area contributed by atoms with E-state index in [0.717, 1.165) is 20.9 Å². The summed E-state index contributed by atoms with van der Waals surface area (Å²) in [5.41, 5.74) is 4.84. The van der Waals surface area contributed by atoms with Crippen molar-refractivity contribution < 1.29 is 4.74 Å². The summed E-state index contributed by atoms with van der Waals surface area (Å²) in [5.74, 6) is 1.87. The van der Waals surface area contributed by atoms with Crippen molar-refractivity contribution in [3.63, 3.8) is 0 Å². The Morgan fingerprint density at radius 1 is 1.32 bits per heavy atom. The fraction of sp³-hybridized carbons (Fsp3) is 0.105. The monoisotopic (exact) mass is 389 g/mol. The van der Waals surface area contributed by atoms with Crippen molar-refractivity contribution in [1.29, 1.82) is 5.26 Å². The molecule has 4 rings (SSSR count). The first-order valence-corrected chi connectivity index (χ1v) is 9.31. The molecule has 0 unspecified atom stereocenters. The maximum atomic E-state index is 9.77. The number of nitriles is 1. The van der Waals surface area contributed by atoms with Crippen LogP contribution in [0.4, 0.5) is 5.82 Å². The van der Waals surface area contributed by atoms with Crippen LogP contribution < -0.4 is 10.2 Å². The lowest BCUT2D eigenvalue weighted by Gasteiger charge is -2.08. The second-order valence-corrected chi connectivity index (χ2v) is 6.61. The number of H-pyrrole nitrogens is 1. The fourth-order valence-corrected chi connectivity index (χ4v) is 3.89. The van der Waals surface area contributed by atoms with Gasteiger partial charge in [0, 0.05) is 18.0 Å². The highest BCUT2D eigenvalue weighted by atomic mass is 32.1. The first-order valence-electron chi connectivity index (χ1n) is 8.50. The number of benzene rings is 1. The van der Waals surface area contributed by atoms with Gasteiger partial charge in [0.1, 0.15) is 29.5 Å². The van der Waals surface area contributed by atoms with Crippen LogP contribution in [0.1, 0.15) is 18.3 Å². The molecule has 3 aromatic heterocycles. The number of ether oxygens (including phenoxy) is 1. The Labute approximate surface area is 164 Å². The summed E-state index contributed by atoms with van der Waals surface area (Å²) in [4.78, 5) is 16.4. The molecule has 4 aromatic rings. The number of anilines is 1. The minimum atomic E-state index is 0.493. The van der Waals surface area contributed by atoms with Crippen molar-refractivity contribution in [2.45, 2.75) is 6.92 Å². The lowest BCUT2D eigenvalue weighted by Crippen LogP contribution is -1.95. The second-order valence-electron chi connectivity index (χ2n) is 5.59. The molecule has 1 aromatic carbocycles. The average molecular weight is 389 g/mol. The predicted molar refractivity (Wildman–Crippen MR) is 109 cm³/mol. The van der Waals surface area contributed by atoms with Crippen LogP contribution in [0.5, 0.6) is 5.75 Å². The van der Waals surface area contributed by atoms with Gasteiger partial charge in [-0.3, -0.25) is 5.43 Å². The third-order valence-corrected chi connectivity index (χ3v) is 5.11. The van der Waals surface area contributed by atoms with Gasteiger partial charge in [0.05, 0.1) is 28.0 Å². The summed E-state index contributed by atoms with van der Waals surface area (Å²) >= 11 is 1.43. The number of hydrogen-bond donors (Lipinski definition) is 2. The molecule has 0 spiro atoms. The van der Waals surface area contributed by atoms with Crippen LogP contribution in [0.2, 0.25) is 0 Å². The number of para-hydroxylation sites is 1. The Morgan fingerprint density at radius 3 is 3.00 bits per heavy atom. The molecule has 0 radical (unpaired) electrons. The van der Waals surface area contributed by atoms with Crippen LogP contribution >= 0.6 is 11.3 Å². The van der Waals surface area contributed by atoms with Gasteiger partial charge in [-0.05, 0) is 19.1 Å². The summed E-state index contributed by atoms with van der Waals surface area (Å²) < 4.78 is 6.48. The summed E-state index contributed by atoms with van der Waals surface area (Å²) in [5, 5.41) is 13.9. The van der Waals surface area contributed by atoms with Crippen LogP contribution in [-0.4, -0.2) is 32.8 Å². The number of hydrazone groups is 1. The molecule has 28 heavy (non-hydrogen) atoms. The number of aromatic nitrogens is 4. The zero-order valence-electron chi connectivity index (χ0n) is 14.9. The standard InChI is InChI=1S/C19H15N7OS/c1-2-27-14-6-4-3-5-12(14)17-13(9-20)16-18(28-17)19(24-11-23-16)26-25-10-15-21-7-8-22-15/h3-8,10-11H,2H2,1H3,(H,21,22)(H,23,24,26). The zero-order chi connectivity index (χ0) is 19.3. The SMILES string of the molecule is CCOc1ccccc1-c1sc2c(NN=Cc3ncc[nH]3)ncnc2c1C#N. The minimum absolute atomic E-state index is 0.493. The van der Waals surface area contributed by atoms with Crippen molar-refractivity contribution >= 4 is 33.6 Å². The molecule has 0 bridgehead atoms. The van der Waals surface area contributed by atoms with Crippen LogP contribution in [0.15, 0.2) is 48.1 Å². The molecule has 9 heteroatoms. The van der Waals surface area contributed by atoms with Gasteiger partial charge in [0.15, 0.2) is 5.82 Å². The van der Waals surface area contributed by atoms with Crippen molar-refractivity contribution in [1.82, 2.24) is 19.9 Å². The van der Waals surface area contributed by atoms with Crippen LogP contribution in [0.25, 0.3) is 20.7 Å². The first-order chi connectivity index (χ1) is 13.8. The van der Waals surface area contributed by atoms with Gasteiger partial charge in [-0.1, -0.05) is 12.1 Å². The highest BCUT2D eigenvalue weighted by Gasteiger charge is 2.20. The molecule has 0 fully saturated rings. The third kappa shape index (κ3) is 3.28. The fourth-order valence-electron chi connectivity index (χ4n) is 2.72. The quantitative estimate of drug-likeness (QED) is 0.383. The van der Waals surface area contributed by atoms with Crippen molar-refractivity contribution in [2.75, 3.05) is 12.0 Å². The molecule has 138 valence electrons. The van der Waals surface area contributed by atoms with E-state index in [2.05, 4.69) is 36.5 Å². The average Bonchev–Trinajstić information content (AvgIpc) is 3.36. The number of aromatic amines is 1. The molecule has 2 N–H and O–H groups in total. The van der Waals surface area contributed by atoms with Gasteiger partial charge in [0.2, 0.25) is 0 Å². The van der Waals surface area contributed by atoms with Crippen LogP contribution in [0, 0.1) is 11.3 Å². The lowest BCUT2D eigenvalue weighted by molar-refractivity contribution is 0.341. The van der Waals surface area contributed by atoms with Crippen molar-refractivity contribution in [2.24, 2.45) is 5.10 Å². The van der Waals surface area contributed by atoms with Crippen LogP contribution in [0.3, 0.4) is 0 Å². The zero-order valence-corrected chi connectivity index (χ0v) is 15.7. The first kappa shape index (κ1) is 17.6. The maximum Gasteiger partial charge on any atom is 0.167 e. The summed E-state index contributed by atoms with van der Waals surface area (Å²) in [7, 11) is 0. The van der Waals surface area contributed by atoms with E-state index >= 15 is 0 Å². The topological polar surface area (TPSA) is 112 Å². The number of fused-ring (bicyclic) bond motifs is 1. The maximum absolute atomic E-state index is 9.77. The highest BCUT2D eigenvalue weighted by molar-refractivity contribution is 7.23. The van der Waals surface area contributed by atoms with Gasteiger partial charge in [-0.2, -0.15) is 10.4 Å². The third-order valence-electron chi connectivity index (χ3n) is 3.89. The highest BCUT2D eigenvalue weighted by Crippen LogP contribution is 2.43. The molecule has 0 aliphatic carbocycles. The Hall–Kier alpha value is -3.77. The number of rotatable bonds is 6. The summed E-state index contributed by atoms with van der Waals surface area (Å²) in [6.45, 7) is 2.47. The van der Waals surface area contributed by atoms with E-state index in [4.69, 9.17) is 4.74 Å². The molecule has 3 heterocycles. The number of nitrogens with one attached hydrogen (secondary N) is 2.